The maximum Gasteiger partial charge on any atom is 0.216 e. The summed E-state index contributed by atoms with van der Waals surface area (Å²) in [6, 6.07) is 14.7. The van der Waals surface area contributed by atoms with Crippen LogP contribution < -0.4 is 4.72 Å². The molecule has 0 amide bonds. The third-order valence-corrected chi connectivity index (χ3v) is 4.17. The van der Waals surface area contributed by atoms with Crippen LogP contribution in [0.4, 0.5) is 0 Å². The number of phenols is 1. The zero-order chi connectivity index (χ0) is 15.3. The van der Waals surface area contributed by atoms with E-state index in [-0.39, 0.29) is 18.0 Å². The Labute approximate surface area is 123 Å². The molecule has 2 aromatic rings. The molecule has 0 fully saturated rings. The fraction of sp³-hybridized carbons (Fsp3) is 0.133. The molecule has 0 aliphatic carbocycles. The van der Waals surface area contributed by atoms with Crippen molar-refractivity contribution >= 4 is 10.0 Å². The van der Waals surface area contributed by atoms with Crippen LogP contribution in [0.25, 0.3) is 0 Å². The van der Waals surface area contributed by atoms with Crippen LogP contribution in [0.5, 0.6) is 5.75 Å². The van der Waals surface area contributed by atoms with Gasteiger partial charge < -0.3 is 5.11 Å². The lowest BCUT2D eigenvalue weighted by atomic mass is 10.2. The third-order valence-electron chi connectivity index (χ3n) is 2.87. The van der Waals surface area contributed by atoms with E-state index in [1.807, 2.05) is 6.07 Å². The molecule has 0 heterocycles. The standard InChI is InChI=1S/C15H14N2O3S/c16-9-12-1-3-14(4-2-12)11-21(19,20)17-10-13-5-7-15(18)8-6-13/h1-8,17-18H,10-11H2. The summed E-state index contributed by atoms with van der Waals surface area (Å²) in [4.78, 5) is 0. The van der Waals surface area contributed by atoms with E-state index in [1.165, 1.54) is 12.1 Å². The maximum atomic E-state index is 12.0. The van der Waals surface area contributed by atoms with Crippen molar-refractivity contribution in [1.29, 1.82) is 5.26 Å². The molecule has 0 aliphatic rings. The van der Waals surface area contributed by atoms with Gasteiger partial charge in [-0.05, 0) is 35.4 Å². The molecule has 2 rings (SSSR count). The van der Waals surface area contributed by atoms with Crippen molar-refractivity contribution in [3.05, 3.63) is 65.2 Å². The lowest BCUT2D eigenvalue weighted by molar-refractivity contribution is 0.475. The minimum Gasteiger partial charge on any atom is -0.508 e. The van der Waals surface area contributed by atoms with Crippen LogP contribution in [0.3, 0.4) is 0 Å². The minimum absolute atomic E-state index is 0.138. The maximum absolute atomic E-state index is 12.0. The molecule has 0 saturated carbocycles. The zero-order valence-corrected chi connectivity index (χ0v) is 12.0. The van der Waals surface area contributed by atoms with Gasteiger partial charge in [0.25, 0.3) is 0 Å². The Bertz CT molecular complexity index is 745. The monoisotopic (exact) mass is 302 g/mol. The van der Waals surface area contributed by atoms with E-state index < -0.39 is 10.0 Å². The zero-order valence-electron chi connectivity index (χ0n) is 11.2. The summed E-state index contributed by atoms with van der Waals surface area (Å²) >= 11 is 0. The molecule has 0 saturated heterocycles. The van der Waals surface area contributed by atoms with Gasteiger partial charge in [0.2, 0.25) is 10.0 Å². The Balaban J connectivity index is 1.98. The molecule has 0 unspecified atom stereocenters. The van der Waals surface area contributed by atoms with Gasteiger partial charge in [-0.25, -0.2) is 13.1 Å². The highest BCUT2D eigenvalue weighted by atomic mass is 32.2. The molecule has 2 N–H and O–H groups in total. The molecule has 0 bridgehead atoms. The molecular formula is C15H14N2O3S. The van der Waals surface area contributed by atoms with Crippen molar-refractivity contribution in [3.8, 4) is 11.8 Å². The van der Waals surface area contributed by atoms with Gasteiger partial charge >= 0.3 is 0 Å². The Morgan fingerprint density at radius 2 is 1.57 bits per heavy atom. The van der Waals surface area contributed by atoms with Crippen molar-refractivity contribution in [3.63, 3.8) is 0 Å². The Morgan fingerprint density at radius 3 is 2.14 bits per heavy atom. The average Bonchev–Trinajstić information content (AvgIpc) is 2.47. The van der Waals surface area contributed by atoms with Gasteiger partial charge in [-0.15, -0.1) is 0 Å². The van der Waals surface area contributed by atoms with Gasteiger partial charge in [0.15, 0.2) is 0 Å². The van der Waals surface area contributed by atoms with Crippen LogP contribution in [0.2, 0.25) is 0 Å². The van der Waals surface area contributed by atoms with Crippen LogP contribution >= 0.6 is 0 Å². The van der Waals surface area contributed by atoms with E-state index in [1.54, 1.807) is 36.4 Å². The second kappa shape index (κ2) is 6.39. The highest BCUT2D eigenvalue weighted by Crippen LogP contribution is 2.11. The predicted molar refractivity (Wildman–Crippen MR) is 78.7 cm³/mol. The minimum atomic E-state index is -3.46. The summed E-state index contributed by atoms with van der Waals surface area (Å²) in [6.07, 6.45) is 0. The largest absolute Gasteiger partial charge is 0.508 e. The predicted octanol–water partition coefficient (Wildman–Crippen LogP) is 1.88. The van der Waals surface area contributed by atoms with Gasteiger partial charge in [-0.1, -0.05) is 24.3 Å². The van der Waals surface area contributed by atoms with Gasteiger partial charge in [0, 0.05) is 6.54 Å². The number of rotatable bonds is 5. The summed E-state index contributed by atoms with van der Waals surface area (Å²) in [5.41, 5.74) is 1.87. The number of nitriles is 1. The molecule has 0 spiro atoms. The molecule has 6 heteroatoms. The number of nitrogens with zero attached hydrogens (tertiary/aromatic N) is 1. The number of nitrogens with one attached hydrogen (secondary N) is 1. The second-order valence-corrected chi connectivity index (χ2v) is 6.36. The van der Waals surface area contributed by atoms with E-state index >= 15 is 0 Å². The fourth-order valence-corrected chi connectivity index (χ4v) is 2.87. The summed E-state index contributed by atoms with van der Waals surface area (Å²) in [5.74, 6) is -0.00393. The summed E-state index contributed by atoms with van der Waals surface area (Å²) in [7, 11) is -3.46. The SMILES string of the molecule is N#Cc1ccc(CS(=O)(=O)NCc2ccc(O)cc2)cc1. The number of sulfonamides is 1. The molecule has 0 atom stereocenters. The van der Waals surface area contributed by atoms with Crippen molar-refractivity contribution in [2.45, 2.75) is 12.3 Å². The first-order valence-corrected chi connectivity index (χ1v) is 7.88. The smallest absolute Gasteiger partial charge is 0.216 e. The second-order valence-electron chi connectivity index (χ2n) is 4.56. The molecule has 0 radical (unpaired) electrons. The van der Waals surface area contributed by atoms with E-state index in [2.05, 4.69) is 4.72 Å². The molecule has 0 aromatic heterocycles. The van der Waals surface area contributed by atoms with Crippen LogP contribution in [0.1, 0.15) is 16.7 Å². The van der Waals surface area contributed by atoms with Crippen LogP contribution in [-0.4, -0.2) is 13.5 Å². The molecule has 2 aromatic carbocycles. The number of phenolic OH excluding ortho intramolecular Hbond substituents is 1. The first kappa shape index (κ1) is 15.0. The molecule has 5 nitrogen and oxygen atoms in total. The van der Waals surface area contributed by atoms with Crippen molar-refractivity contribution in [2.75, 3.05) is 0 Å². The van der Waals surface area contributed by atoms with Crippen molar-refractivity contribution in [1.82, 2.24) is 4.72 Å². The molecule has 21 heavy (non-hydrogen) atoms. The number of hydrogen-bond donors (Lipinski definition) is 2. The van der Waals surface area contributed by atoms with Crippen molar-refractivity contribution in [2.24, 2.45) is 0 Å². The molecule has 0 aliphatic heterocycles. The summed E-state index contributed by atoms with van der Waals surface area (Å²) in [6.45, 7) is 0.166. The number of aromatic hydroxyl groups is 1. The van der Waals surface area contributed by atoms with E-state index in [0.29, 0.717) is 11.1 Å². The molecular weight excluding hydrogens is 288 g/mol. The van der Waals surface area contributed by atoms with Crippen LogP contribution in [-0.2, 0) is 22.3 Å². The normalized spacial score (nSPS) is 11.0. The Hall–Kier alpha value is -2.36. The van der Waals surface area contributed by atoms with Crippen LogP contribution in [0, 0.1) is 11.3 Å². The lowest BCUT2D eigenvalue weighted by Gasteiger charge is -2.07. The fourth-order valence-electron chi connectivity index (χ4n) is 1.75. The van der Waals surface area contributed by atoms with Gasteiger partial charge in [0.1, 0.15) is 5.75 Å². The van der Waals surface area contributed by atoms with Gasteiger partial charge in [-0.3, -0.25) is 0 Å². The summed E-state index contributed by atoms with van der Waals surface area (Å²) < 4.78 is 26.4. The summed E-state index contributed by atoms with van der Waals surface area (Å²) in [5, 5.41) is 17.9. The van der Waals surface area contributed by atoms with E-state index in [0.717, 1.165) is 5.56 Å². The van der Waals surface area contributed by atoms with Crippen molar-refractivity contribution < 1.29 is 13.5 Å². The Kier molecular flexibility index (Phi) is 4.58. The highest BCUT2D eigenvalue weighted by Gasteiger charge is 2.11. The Morgan fingerprint density at radius 1 is 1.00 bits per heavy atom. The van der Waals surface area contributed by atoms with Gasteiger partial charge in [-0.2, -0.15) is 5.26 Å². The number of benzene rings is 2. The van der Waals surface area contributed by atoms with E-state index in [4.69, 9.17) is 10.4 Å². The van der Waals surface area contributed by atoms with Crippen LogP contribution in [0.15, 0.2) is 48.5 Å². The van der Waals surface area contributed by atoms with Gasteiger partial charge in [0.05, 0.1) is 17.4 Å². The first-order chi connectivity index (χ1) is 9.98. The lowest BCUT2D eigenvalue weighted by Crippen LogP contribution is -2.24. The third kappa shape index (κ3) is 4.60. The number of hydrogen-bond acceptors (Lipinski definition) is 4. The van der Waals surface area contributed by atoms with E-state index in [9.17, 15) is 8.42 Å². The average molecular weight is 302 g/mol. The highest BCUT2D eigenvalue weighted by molar-refractivity contribution is 7.88. The first-order valence-electron chi connectivity index (χ1n) is 6.23. The topological polar surface area (TPSA) is 90.2 Å². The molecule has 108 valence electrons. The quantitative estimate of drug-likeness (QED) is 0.882.